The Morgan fingerprint density at radius 2 is 1.64 bits per heavy atom. The number of nitrogens with one attached hydrogen (secondary N) is 1. The van der Waals surface area contributed by atoms with E-state index >= 15 is 0 Å². The van der Waals surface area contributed by atoms with E-state index in [2.05, 4.69) is 20.5 Å². The maximum atomic E-state index is 11.7. The predicted molar refractivity (Wildman–Crippen MR) is 105 cm³/mol. The van der Waals surface area contributed by atoms with Crippen LogP contribution in [0.2, 0.25) is 0 Å². The number of anilines is 1. The van der Waals surface area contributed by atoms with E-state index in [1.165, 1.54) is 6.20 Å². The van der Waals surface area contributed by atoms with E-state index in [0.29, 0.717) is 11.4 Å². The molecule has 1 aromatic heterocycles. The number of carbonyl (C=O) groups excluding carboxylic acids is 1. The zero-order chi connectivity index (χ0) is 19.8. The molecule has 0 unspecified atom stereocenters. The summed E-state index contributed by atoms with van der Waals surface area (Å²) in [6.07, 6.45) is 1.21. The lowest BCUT2D eigenvalue weighted by molar-refractivity contribution is -0.138. The highest BCUT2D eigenvalue weighted by atomic mass is 16.5. The van der Waals surface area contributed by atoms with Gasteiger partial charge in [-0.2, -0.15) is 5.26 Å². The molecule has 2 aromatic carbocycles. The van der Waals surface area contributed by atoms with E-state index in [9.17, 15) is 4.79 Å². The van der Waals surface area contributed by atoms with Crippen molar-refractivity contribution in [1.82, 2.24) is 15.2 Å². The minimum atomic E-state index is -0.713. The van der Waals surface area contributed by atoms with Crippen LogP contribution in [0.15, 0.2) is 72.4 Å². The van der Waals surface area contributed by atoms with E-state index in [1.807, 2.05) is 60.7 Å². The van der Waals surface area contributed by atoms with Crippen molar-refractivity contribution in [3.63, 3.8) is 0 Å². The molecule has 7 heteroatoms. The van der Waals surface area contributed by atoms with Crippen LogP contribution in [0.5, 0.6) is 0 Å². The van der Waals surface area contributed by atoms with Crippen molar-refractivity contribution in [2.45, 2.75) is 6.92 Å². The molecule has 28 heavy (non-hydrogen) atoms. The Bertz CT molecular complexity index is 1030. The molecule has 0 aliphatic rings. The number of rotatable bonds is 6. The first-order valence-electron chi connectivity index (χ1n) is 8.62. The first kappa shape index (κ1) is 18.7. The van der Waals surface area contributed by atoms with Crippen molar-refractivity contribution in [3.05, 3.63) is 72.4 Å². The zero-order valence-corrected chi connectivity index (χ0v) is 15.2. The number of hydrogen-bond acceptors (Lipinski definition) is 7. The van der Waals surface area contributed by atoms with Crippen LogP contribution in [0.4, 0.5) is 5.95 Å². The summed E-state index contributed by atoms with van der Waals surface area (Å²) < 4.78 is 4.83. The SMILES string of the molecule is CCOC(=O)/C(C#N)=C/Nc1nnc(-c2ccccc2)c(-c2ccccc2)n1. The largest absolute Gasteiger partial charge is 0.462 e. The number of nitrogens with zero attached hydrogens (tertiary/aromatic N) is 4. The average molecular weight is 371 g/mol. The molecule has 0 saturated carbocycles. The van der Waals surface area contributed by atoms with Crippen LogP contribution in [0, 0.1) is 11.3 Å². The molecule has 0 spiro atoms. The van der Waals surface area contributed by atoms with Gasteiger partial charge in [0, 0.05) is 17.3 Å². The molecule has 7 nitrogen and oxygen atoms in total. The number of aromatic nitrogens is 3. The summed E-state index contributed by atoms with van der Waals surface area (Å²) in [6, 6.07) is 21.0. The van der Waals surface area contributed by atoms with Gasteiger partial charge in [0.25, 0.3) is 0 Å². The Balaban J connectivity index is 1.99. The highest BCUT2D eigenvalue weighted by Crippen LogP contribution is 2.28. The number of benzene rings is 2. The van der Waals surface area contributed by atoms with Gasteiger partial charge in [0.2, 0.25) is 5.95 Å². The third-order valence-electron chi connectivity index (χ3n) is 3.74. The maximum Gasteiger partial charge on any atom is 0.350 e. The fraction of sp³-hybridized carbons (Fsp3) is 0.0952. The quantitative estimate of drug-likeness (QED) is 0.401. The van der Waals surface area contributed by atoms with Gasteiger partial charge in [-0.15, -0.1) is 10.2 Å². The standard InChI is InChI=1S/C21H17N5O2/c1-2-28-20(27)17(13-22)14-23-21-24-18(15-9-5-3-6-10-15)19(25-26-21)16-11-7-4-8-12-16/h3-12,14H,2H2,1H3,(H,23,24,26)/b17-14+. The minimum Gasteiger partial charge on any atom is -0.462 e. The summed E-state index contributed by atoms with van der Waals surface area (Å²) in [6.45, 7) is 1.85. The molecule has 0 aliphatic carbocycles. The monoisotopic (exact) mass is 371 g/mol. The van der Waals surface area contributed by atoms with E-state index in [0.717, 1.165) is 11.1 Å². The summed E-state index contributed by atoms with van der Waals surface area (Å²) in [5.41, 5.74) is 2.83. The Labute approximate surface area is 162 Å². The summed E-state index contributed by atoms with van der Waals surface area (Å²) in [4.78, 5) is 16.3. The lowest BCUT2D eigenvalue weighted by Gasteiger charge is -2.09. The van der Waals surface area contributed by atoms with Crippen molar-refractivity contribution in [2.75, 3.05) is 11.9 Å². The van der Waals surface area contributed by atoms with Gasteiger partial charge in [0.15, 0.2) is 5.57 Å². The molecular formula is C21H17N5O2. The molecular weight excluding hydrogens is 354 g/mol. The minimum absolute atomic E-state index is 0.163. The molecule has 0 bridgehead atoms. The van der Waals surface area contributed by atoms with Gasteiger partial charge in [-0.1, -0.05) is 60.7 Å². The third kappa shape index (κ3) is 4.37. The lowest BCUT2D eigenvalue weighted by atomic mass is 10.0. The van der Waals surface area contributed by atoms with E-state index in [1.54, 1.807) is 13.0 Å². The van der Waals surface area contributed by atoms with Gasteiger partial charge in [-0.25, -0.2) is 9.78 Å². The molecule has 1 heterocycles. The second-order valence-corrected chi connectivity index (χ2v) is 5.60. The number of ether oxygens (including phenoxy) is 1. The van der Waals surface area contributed by atoms with Crippen LogP contribution >= 0.6 is 0 Å². The molecule has 0 amide bonds. The molecule has 0 saturated heterocycles. The summed E-state index contributed by atoms with van der Waals surface area (Å²) in [5, 5.41) is 20.2. The van der Waals surface area contributed by atoms with Crippen molar-refractivity contribution < 1.29 is 9.53 Å². The van der Waals surface area contributed by atoms with E-state index < -0.39 is 5.97 Å². The van der Waals surface area contributed by atoms with Crippen LogP contribution in [0.25, 0.3) is 22.5 Å². The van der Waals surface area contributed by atoms with Gasteiger partial charge in [0.1, 0.15) is 17.5 Å². The molecule has 1 N–H and O–H groups in total. The average Bonchev–Trinajstić information content (AvgIpc) is 2.75. The normalized spacial score (nSPS) is 10.8. The molecule has 0 fully saturated rings. The van der Waals surface area contributed by atoms with E-state index in [-0.39, 0.29) is 18.1 Å². The van der Waals surface area contributed by atoms with Crippen molar-refractivity contribution in [1.29, 1.82) is 5.26 Å². The van der Waals surface area contributed by atoms with Crippen LogP contribution < -0.4 is 5.32 Å². The third-order valence-corrected chi connectivity index (χ3v) is 3.74. The van der Waals surface area contributed by atoms with Crippen molar-refractivity contribution >= 4 is 11.9 Å². The topological polar surface area (TPSA) is 101 Å². The Hall–Kier alpha value is -4.05. The number of carbonyl (C=O) groups is 1. The second kappa shape index (κ2) is 9.05. The lowest BCUT2D eigenvalue weighted by Crippen LogP contribution is -2.09. The Morgan fingerprint density at radius 3 is 2.21 bits per heavy atom. The summed E-state index contributed by atoms with van der Waals surface area (Å²) in [7, 11) is 0. The van der Waals surface area contributed by atoms with Gasteiger partial charge in [-0.3, -0.25) is 0 Å². The summed E-state index contributed by atoms with van der Waals surface area (Å²) in [5.74, 6) is -0.551. The molecule has 138 valence electrons. The second-order valence-electron chi connectivity index (χ2n) is 5.60. The van der Waals surface area contributed by atoms with Gasteiger partial charge < -0.3 is 10.1 Å². The molecule has 0 atom stereocenters. The fourth-order valence-corrected chi connectivity index (χ4v) is 2.46. The first-order valence-corrected chi connectivity index (χ1v) is 8.62. The fourth-order valence-electron chi connectivity index (χ4n) is 2.46. The van der Waals surface area contributed by atoms with Crippen LogP contribution in [-0.4, -0.2) is 27.8 Å². The van der Waals surface area contributed by atoms with Crippen LogP contribution in [0.3, 0.4) is 0 Å². The number of hydrogen-bond donors (Lipinski definition) is 1. The summed E-state index contributed by atoms with van der Waals surface area (Å²) >= 11 is 0. The highest BCUT2D eigenvalue weighted by Gasteiger charge is 2.14. The first-order chi connectivity index (χ1) is 13.7. The Morgan fingerprint density at radius 1 is 1.04 bits per heavy atom. The van der Waals surface area contributed by atoms with Gasteiger partial charge >= 0.3 is 5.97 Å². The van der Waals surface area contributed by atoms with Crippen LogP contribution in [0.1, 0.15) is 6.92 Å². The molecule has 0 radical (unpaired) electrons. The van der Waals surface area contributed by atoms with E-state index in [4.69, 9.17) is 10.00 Å². The van der Waals surface area contributed by atoms with Crippen LogP contribution in [-0.2, 0) is 9.53 Å². The number of esters is 1. The highest BCUT2D eigenvalue weighted by molar-refractivity contribution is 5.93. The van der Waals surface area contributed by atoms with Crippen molar-refractivity contribution in [2.24, 2.45) is 0 Å². The van der Waals surface area contributed by atoms with Crippen molar-refractivity contribution in [3.8, 4) is 28.6 Å². The van der Waals surface area contributed by atoms with Gasteiger partial charge in [0.05, 0.1) is 6.61 Å². The molecule has 0 aliphatic heterocycles. The zero-order valence-electron chi connectivity index (χ0n) is 15.2. The van der Waals surface area contributed by atoms with Gasteiger partial charge in [-0.05, 0) is 6.92 Å². The smallest absolute Gasteiger partial charge is 0.350 e. The number of nitriles is 1. The molecule has 3 aromatic rings. The molecule has 3 rings (SSSR count). The predicted octanol–water partition coefficient (Wildman–Crippen LogP) is 3.59. The Kier molecular flexibility index (Phi) is 6.06. The maximum absolute atomic E-state index is 11.7.